The van der Waals surface area contributed by atoms with Crippen LogP contribution in [0.5, 0.6) is 0 Å². The molecule has 2 aromatic carbocycles. The van der Waals surface area contributed by atoms with E-state index >= 15 is 0 Å². The lowest BCUT2D eigenvalue weighted by Crippen LogP contribution is -2.14. The van der Waals surface area contributed by atoms with Crippen LogP contribution in [-0.2, 0) is 10.0 Å². The summed E-state index contributed by atoms with van der Waals surface area (Å²) in [5.41, 5.74) is 0.791. The van der Waals surface area contributed by atoms with Crippen molar-refractivity contribution in [3.05, 3.63) is 65.3 Å². The number of hydrogen-bond acceptors (Lipinski definition) is 5. The van der Waals surface area contributed by atoms with Crippen molar-refractivity contribution in [2.24, 2.45) is 0 Å². The number of carboxylic acid groups (broad SMARTS) is 1. The maximum Gasteiger partial charge on any atom is 0.338 e. The Labute approximate surface area is 154 Å². The molecule has 0 atom stereocenters. The molecular formula is C18H15FN2O5S. The van der Waals surface area contributed by atoms with Gasteiger partial charge in [-0.2, -0.15) is 0 Å². The number of anilines is 1. The summed E-state index contributed by atoms with van der Waals surface area (Å²) >= 11 is 0. The van der Waals surface area contributed by atoms with Crippen LogP contribution in [0.4, 0.5) is 10.1 Å². The summed E-state index contributed by atoms with van der Waals surface area (Å²) in [5.74, 6) is -1.57. The number of carboxylic acids is 1. The van der Waals surface area contributed by atoms with Crippen molar-refractivity contribution in [2.45, 2.75) is 18.7 Å². The maximum atomic E-state index is 13.5. The Morgan fingerprint density at radius 2 is 1.93 bits per heavy atom. The van der Waals surface area contributed by atoms with Gasteiger partial charge in [0.05, 0.1) is 16.2 Å². The van der Waals surface area contributed by atoms with E-state index in [1.54, 1.807) is 26.0 Å². The molecule has 0 saturated heterocycles. The summed E-state index contributed by atoms with van der Waals surface area (Å²) in [5, 5.41) is 8.96. The Bertz CT molecular complexity index is 1120. The number of nitrogens with one attached hydrogen (secondary N) is 1. The molecule has 0 bridgehead atoms. The molecule has 27 heavy (non-hydrogen) atoms. The Balaban J connectivity index is 1.94. The first-order chi connectivity index (χ1) is 12.7. The summed E-state index contributed by atoms with van der Waals surface area (Å²) in [4.78, 5) is 14.9. The summed E-state index contributed by atoms with van der Waals surface area (Å²) < 4.78 is 46.4. The van der Waals surface area contributed by atoms with E-state index in [4.69, 9.17) is 9.52 Å². The number of sulfonamides is 1. The van der Waals surface area contributed by atoms with Gasteiger partial charge in [0.2, 0.25) is 5.89 Å². The number of aryl methyl sites for hydroxylation is 2. The zero-order valence-corrected chi connectivity index (χ0v) is 15.2. The van der Waals surface area contributed by atoms with Crippen molar-refractivity contribution in [2.75, 3.05) is 4.72 Å². The molecule has 3 aromatic rings. The SMILES string of the molecule is Cc1nc(-c2cccc(NS(=O)(=O)c3ccc(F)c(C(=O)O)c3)c2)oc1C. The molecule has 9 heteroatoms. The second-order valence-electron chi connectivity index (χ2n) is 5.79. The highest BCUT2D eigenvalue weighted by molar-refractivity contribution is 7.92. The van der Waals surface area contributed by atoms with E-state index in [9.17, 15) is 17.6 Å². The Morgan fingerprint density at radius 3 is 2.56 bits per heavy atom. The van der Waals surface area contributed by atoms with Crippen LogP contribution in [0.1, 0.15) is 21.8 Å². The van der Waals surface area contributed by atoms with Gasteiger partial charge in [-0.15, -0.1) is 0 Å². The van der Waals surface area contributed by atoms with E-state index in [0.717, 1.165) is 23.9 Å². The average molecular weight is 390 g/mol. The van der Waals surface area contributed by atoms with Crippen molar-refractivity contribution < 1.29 is 27.1 Å². The van der Waals surface area contributed by atoms with E-state index in [1.807, 2.05) is 0 Å². The maximum absolute atomic E-state index is 13.5. The van der Waals surface area contributed by atoms with Crippen LogP contribution in [0, 0.1) is 19.7 Å². The minimum Gasteiger partial charge on any atom is -0.478 e. The molecule has 2 N–H and O–H groups in total. The van der Waals surface area contributed by atoms with E-state index < -0.39 is 27.4 Å². The number of oxazole rings is 1. The zero-order valence-electron chi connectivity index (χ0n) is 14.4. The van der Waals surface area contributed by atoms with E-state index in [1.165, 1.54) is 12.1 Å². The monoisotopic (exact) mass is 390 g/mol. The summed E-state index contributed by atoms with van der Waals surface area (Å²) in [6, 6.07) is 8.94. The zero-order chi connectivity index (χ0) is 19.8. The van der Waals surface area contributed by atoms with Gasteiger partial charge in [-0.3, -0.25) is 4.72 Å². The fraction of sp³-hybridized carbons (Fsp3) is 0.111. The third kappa shape index (κ3) is 3.82. The number of carbonyl (C=O) groups is 1. The summed E-state index contributed by atoms with van der Waals surface area (Å²) in [7, 11) is -4.12. The third-order valence-corrected chi connectivity index (χ3v) is 5.25. The topological polar surface area (TPSA) is 110 Å². The summed E-state index contributed by atoms with van der Waals surface area (Å²) in [6.07, 6.45) is 0. The van der Waals surface area contributed by atoms with Gasteiger partial charge in [0, 0.05) is 11.3 Å². The first kappa shape index (κ1) is 18.6. The molecule has 0 spiro atoms. The lowest BCUT2D eigenvalue weighted by Gasteiger charge is -2.10. The largest absolute Gasteiger partial charge is 0.478 e. The van der Waals surface area contributed by atoms with Gasteiger partial charge in [-0.05, 0) is 50.2 Å². The number of hydrogen-bond donors (Lipinski definition) is 2. The van der Waals surface area contributed by atoms with Crippen LogP contribution in [0.3, 0.4) is 0 Å². The van der Waals surface area contributed by atoms with Crippen molar-refractivity contribution in [1.82, 2.24) is 4.98 Å². The van der Waals surface area contributed by atoms with Gasteiger partial charge in [0.1, 0.15) is 11.6 Å². The molecular weight excluding hydrogens is 375 g/mol. The molecule has 0 aliphatic heterocycles. The van der Waals surface area contributed by atoms with Crippen LogP contribution in [0.15, 0.2) is 51.8 Å². The van der Waals surface area contributed by atoms with Crippen molar-refractivity contribution in [3.8, 4) is 11.5 Å². The van der Waals surface area contributed by atoms with E-state index in [2.05, 4.69) is 9.71 Å². The lowest BCUT2D eigenvalue weighted by atomic mass is 10.2. The minimum absolute atomic E-state index is 0.224. The highest BCUT2D eigenvalue weighted by atomic mass is 32.2. The third-order valence-electron chi connectivity index (χ3n) is 3.87. The smallest absolute Gasteiger partial charge is 0.338 e. The number of rotatable bonds is 5. The fourth-order valence-corrected chi connectivity index (χ4v) is 3.44. The van der Waals surface area contributed by atoms with Crippen LogP contribution in [-0.4, -0.2) is 24.5 Å². The van der Waals surface area contributed by atoms with Crippen molar-refractivity contribution in [1.29, 1.82) is 0 Å². The summed E-state index contributed by atoms with van der Waals surface area (Å²) in [6.45, 7) is 3.57. The second kappa shape index (κ2) is 6.84. The number of halogens is 1. The van der Waals surface area contributed by atoms with Crippen LogP contribution < -0.4 is 4.72 Å². The molecule has 0 fully saturated rings. The number of aromatic carboxylic acids is 1. The highest BCUT2D eigenvalue weighted by Gasteiger charge is 2.20. The van der Waals surface area contributed by atoms with Gasteiger partial charge >= 0.3 is 5.97 Å². The van der Waals surface area contributed by atoms with Gasteiger partial charge in [0.15, 0.2) is 0 Å². The molecule has 0 aliphatic carbocycles. The minimum atomic E-state index is -4.12. The number of benzene rings is 2. The Kier molecular flexibility index (Phi) is 4.71. The standard InChI is InChI=1S/C18H15FN2O5S/c1-10-11(2)26-17(20-10)12-4-3-5-13(8-12)21-27(24,25)14-6-7-16(19)15(9-14)18(22)23/h3-9,21H,1-2H3,(H,22,23). The van der Waals surface area contributed by atoms with Crippen LogP contribution in [0.2, 0.25) is 0 Å². The van der Waals surface area contributed by atoms with Crippen LogP contribution in [0.25, 0.3) is 11.5 Å². The van der Waals surface area contributed by atoms with Crippen LogP contribution >= 0.6 is 0 Å². The van der Waals surface area contributed by atoms with Gasteiger partial charge < -0.3 is 9.52 Å². The first-order valence-corrected chi connectivity index (χ1v) is 9.26. The fourth-order valence-electron chi connectivity index (χ4n) is 2.36. The first-order valence-electron chi connectivity index (χ1n) is 7.77. The number of nitrogens with zero attached hydrogens (tertiary/aromatic N) is 1. The van der Waals surface area contributed by atoms with E-state index in [-0.39, 0.29) is 10.6 Å². The quantitative estimate of drug-likeness (QED) is 0.689. The molecule has 0 unspecified atom stereocenters. The Morgan fingerprint density at radius 1 is 1.19 bits per heavy atom. The second-order valence-corrected chi connectivity index (χ2v) is 7.48. The normalized spacial score (nSPS) is 11.4. The van der Waals surface area contributed by atoms with Crippen molar-refractivity contribution >= 4 is 21.7 Å². The molecule has 3 rings (SSSR count). The molecule has 7 nitrogen and oxygen atoms in total. The lowest BCUT2D eigenvalue weighted by molar-refractivity contribution is 0.0691. The molecule has 0 amide bonds. The van der Waals surface area contributed by atoms with E-state index in [0.29, 0.717) is 17.2 Å². The predicted octanol–water partition coefficient (Wildman–Crippen LogP) is 3.60. The molecule has 0 aliphatic rings. The number of aromatic nitrogens is 1. The average Bonchev–Trinajstić information content (AvgIpc) is 2.94. The molecule has 0 saturated carbocycles. The molecule has 0 radical (unpaired) electrons. The molecule has 140 valence electrons. The molecule has 1 heterocycles. The predicted molar refractivity (Wildman–Crippen MR) is 95.6 cm³/mol. The Hall–Kier alpha value is -3.20. The van der Waals surface area contributed by atoms with Gasteiger partial charge in [0.25, 0.3) is 10.0 Å². The molecule has 1 aromatic heterocycles. The van der Waals surface area contributed by atoms with Gasteiger partial charge in [-0.1, -0.05) is 6.07 Å². The van der Waals surface area contributed by atoms with Crippen molar-refractivity contribution in [3.63, 3.8) is 0 Å². The highest BCUT2D eigenvalue weighted by Crippen LogP contribution is 2.26. The van der Waals surface area contributed by atoms with Gasteiger partial charge in [-0.25, -0.2) is 22.6 Å².